The second kappa shape index (κ2) is 5.40. The highest BCUT2D eigenvalue weighted by Gasteiger charge is 2.14. The van der Waals surface area contributed by atoms with Crippen LogP contribution in [0.5, 0.6) is 0 Å². The van der Waals surface area contributed by atoms with Crippen LogP contribution in [0.3, 0.4) is 0 Å². The molecule has 0 aromatic carbocycles. The number of thioether (sulfide) groups is 1. The molecule has 0 spiro atoms. The van der Waals surface area contributed by atoms with Crippen LogP contribution in [0, 0.1) is 13.8 Å². The lowest BCUT2D eigenvalue weighted by Crippen LogP contribution is -2.36. The van der Waals surface area contributed by atoms with Gasteiger partial charge in [0, 0.05) is 19.0 Å². The maximum absolute atomic E-state index is 12.1. The molecule has 0 fully saturated rings. The Labute approximate surface area is 134 Å². The van der Waals surface area contributed by atoms with E-state index in [2.05, 4.69) is 15.0 Å². The van der Waals surface area contributed by atoms with Crippen molar-refractivity contribution in [3.05, 3.63) is 37.2 Å². The SMILES string of the molecule is Cc1nc(SCc2nc3c([nH]2)c(=O)n(C)c(=O)n3C)sc1C. The minimum absolute atomic E-state index is 0.353. The van der Waals surface area contributed by atoms with Crippen molar-refractivity contribution in [3.63, 3.8) is 0 Å². The van der Waals surface area contributed by atoms with Crippen molar-refractivity contribution in [2.75, 3.05) is 0 Å². The average molecular weight is 337 g/mol. The molecular formula is C13H15N5O2S2. The molecule has 7 nitrogen and oxygen atoms in total. The quantitative estimate of drug-likeness (QED) is 0.729. The van der Waals surface area contributed by atoms with Gasteiger partial charge < -0.3 is 4.98 Å². The normalized spacial score (nSPS) is 11.5. The van der Waals surface area contributed by atoms with Crippen LogP contribution < -0.4 is 11.2 Å². The van der Waals surface area contributed by atoms with Gasteiger partial charge in [0.05, 0.1) is 11.4 Å². The van der Waals surface area contributed by atoms with E-state index >= 15 is 0 Å². The summed E-state index contributed by atoms with van der Waals surface area (Å²) >= 11 is 3.20. The van der Waals surface area contributed by atoms with Gasteiger partial charge in [-0.15, -0.1) is 11.3 Å². The molecule has 0 amide bonds. The fraction of sp³-hybridized carbons (Fsp3) is 0.385. The largest absolute Gasteiger partial charge is 0.335 e. The highest BCUT2D eigenvalue weighted by atomic mass is 32.2. The van der Waals surface area contributed by atoms with E-state index in [0.717, 1.165) is 14.6 Å². The monoisotopic (exact) mass is 337 g/mol. The van der Waals surface area contributed by atoms with Crippen LogP contribution in [0.25, 0.3) is 11.2 Å². The van der Waals surface area contributed by atoms with Gasteiger partial charge in [0.15, 0.2) is 9.99 Å². The number of imidazole rings is 1. The van der Waals surface area contributed by atoms with Gasteiger partial charge in [-0.05, 0) is 13.8 Å². The summed E-state index contributed by atoms with van der Waals surface area (Å²) in [6, 6.07) is 0. The Balaban J connectivity index is 1.96. The Morgan fingerprint density at radius 2 is 1.91 bits per heavy atom. The summed E-state index contributed by atoms with van der Waals surface area (Å²) in [5.74, 6) is 1.22. The Morgan fingerprint density at radius 1 is 1.18 bits per heavy atom. The van der Waals surface area contributed by atoms with Crippen LogP contribution in [0.4, 0.5) is 0 Å². The van der Waals surface area contributed by atoms with Crippen molar-refractivity contribution in [2.24, 2.45) is 14.1 Å². The molecule has 22 heavy (non-hydrogen) atoms. The molecule has 3 heterocycles. The molecule has 116 valence electrons. The highest BCUT2D eigenvalue weighted by molar-refractivity contribution is 8.00. The van der Waals surface area contributed by atoms with E-state index in [1.807, 2.05) is 13.8 Å². The molecule has 0 aliphatic rings. The summed E-state index contributed by atoms with van der Waals surface area (Å²) in [4.78, 5) is 37.0. The molecular weight excluding hydrogens is 322 g/mol. The van der Waals surface area contributed by atoms with E-state index in [-0.39, 0.29) is 11.2 Å². The minimum Gasteiger partial charge on any atom is -0.335 e. The van der Waals surface area contributed by atoms with E-state index in [0.29, 0.717) is 22.7 Å². The van der Waals surface area contributed by atoms with Gasteiger partial charge in [0.25, 0.3) is 5.56 Å². The number of aryl methyl sites for hydroxylation is 3. The number of nitrogens with zero attached hydrogens (tertiary/aromatic N) is 4. The number of hydrogen-bond donors (Lipinski definition) is 1. The lowest BCUT2D eigenvalue weighted by Gasteiger charge is -2.00. The number of hydrogen-bond acceptors (Lipinski definition) is 6. The third-order valence-electron chi connectivity index (χ3n) is 3.49. The van der Waals surface area contributed by atoms with Crippen molar-refractivity contribution in [1.82, 2.24) is 24.1 Å². The average Bonchev–Trinajstić information content (AvgIpc) is 3.05. The zero-order chi connectivity index (χ0) is 16.0. The molecule has 0 saturated carbocycles. The number of H-pyrrole nitrogens is 1. The Bertz CT molecular complexity index is 959. The van der Waals surface area contributed by atoms with E-state index in [9.17, 15) is 9.59 Å². The number of thiazole rings is 1. The van der Waals surface area contributed by atoms with Crippen molar-refractivity contribution in [2.45, 2.75) is 23.9 Å². The van der Waals surface area contributed by atoms with Gasteiger partial charge in [0.2, 0.25) is 0 Å². The minimum atomic E-state index is -0.380. The fourth-order valence-electron chi connectivity index (χ4n) is 2.08. The molecule has 9 heteroatoms. The molecule has 0 aliphatic heterocycles. The summed E-state index contributed by atoms with van der Waals surface area (Å²) < 4.78 is 3.42. The first-order valence-electron chi connectivity index (χ1n) is 6.60. The van der Waals surface area contributed by atoms with Crippen LogP contribution in [0.2, 0.25) is 0 Å². The zero-order valence-corrected chi connectivity index (χ0v) is 14.3. The third-order valence-corrected chi connectivity index (χ3v) is 5.71. The van der Waals surface area contributed by atoms with Crippen molar-refractivity contribution >= 4 is 34.3 Å². The van der Waals surface area contributed by atoms with E-state index in [1.165, 1.54) is 16.5 Å². The van der Waals surface area contributed by atoms with E-state index in [4.69, 9.17) is 0 Å². The predicted octanol–water partition coefficient (Wildman–Crippen LogP) is 1.33. The fourth-order valence-corrected chi connectivity index (χ4v) is 4.10. The molecule has 0 atom stereocenters. The molecule has 3 aromatic heterocycles. The van der Waals surface area contributed by atoms with E-state index in [1.54, 1.807) is 30.1 Å². The summed E-state index contributed by atoms with van der Waals surface area (Å²) in [6.45, 7) is 4.02. The molecule has 0 saturated heterocycles. The summed E-state index contributed by atoms with van der Waals surface area (Å²) in [5.41, 5.74) is 1.03. The first-order chi connectivity index (χ1) is 10.4. The molecule has 1 N–H and O–H groups in total. The number of aromatic amines is 1. The van der Waals surface area contributed by atoms with Gasteiger partial charge in [-0.25, -0.2) is 14.8 Å². The van der Waals surface area contributed by atoms with Crippen LogP contribution in [-0.2, 0) is 19.8 Å². The van der Waals surface area contributed by atoms with Gasteiger partial charge in [0.1, 0.15) is 11.3 Å². The standard InChI is InChI=1S/C13H15N5O2S2/c1-6-7(2)22-12(14-6)21-5-8-15-9-10(16-8)17(3)13(20)18(4)11(9)19/h5H2,1-4H3,(H,15,16). The first-order valence-corrected chi connectivity index (χ1v) is 8.40. The van der Waals surface area contributed by atoms with Gasteiger partial charge in [-0.2, -0.15) is 0 Å². The second-order valence-corrected chi connectivity index (χ2v) is 7.42. The summed E-state index contributed by atoms with van der Waals surface area (Å²) in [6.07, 6.45) is 0. The van der Waals surface area contributed by atoms with Crippen molar-refractivity contribution < 1.29 is 0 Å². The van der Waals surface area contributed by atoms with Crippen molar-refractivity contribution in [3.8, 4) is 0 Å². The predicted molar refractivity (Wildman–Crippen MR) is 87.7 cm³/mol. The number of fused-ring (bicyclic) bond motifs is 1. The molecule has 0 aliphatic carbocycles. The van der Waals surface area contributed by atoms with Crippen LogP contribution in [0.1, 0.15) is 16.4 Å². The van der Waals surface area contributed by atoms with Gasteiger partial charge >= 0.3 is 5.69 Å². The topological polar surface area (TPSA) is 85.6 Å². The zero-order valence-electron chi connectivity index (χ0n) is 12.6. The Morgan fingerprint density at radius 3 is 2.55 bits per heavy atom. The Kier molecular flexibility index (Phi) is 3.69. The van der Waals surface area contributed by atoms with Crippen LogP contribution in [-0.4, -0.2) is 24.1 Å². The van der Waals surface area contributed by atoms with Gasteiger partial charge in [-0.3, -0.25) is 13.9 Å². The maximum Gasteiger partial charge on any atom is 0.332 e. The highest BCUT2D eigenvalue weighted by Crippen LogP contribution is 2.28. The van der Waals surface area contributed by atoms with Crippen LogP contribution in [0.15, 0.2) is 13.9 Å². The Hall–Kier alpha value is -1.87. The number of aromatic nitrogens is 5. The number of nitrogens with one attached hydrogen (secondary N) is 1. The summed E-state index contributed by atoms with van der Waals surface area (Å²) in [7, 11) is 3.07. The van der Waals surface area contributed by atoms with Crippen LogP contribution >= 0.6 is 23.1 Å². The molecule has 3 rings (SSSR count). The molecule has 0 unspecified atom stereocenters. The number of rotatable bonds is 3. The smallest absolute Gasteiger partial charge is 0.332 e. The maximum atomic E-state index is 12.1. The molecule has 0 radical (unpaired) electrons. The first kappa shape index (κ1) is 15.0. The van der Waals surface area contributed by atoms with E-state index < -0.39 is 0 Å². The summed E-state index contributed by atoms with van der Waals surface area (Å²) in [5, 5.41) is 0. The third kappa shape index (κ3) is 2.40. The lowest BCUT2D eigenvalue weighted by molar-refractivity contribution is 0.708. The lowest BCUT2D eigenvalue weighted by atomic mass is 10.4. The second-order valence-electron chi connectivity index (χ2n) is 5.00. The van der Waals surface area contributed by atoms with Gasteiger partial charge in [-0.1, -0.05) is 11.8 Å². The van der Waals surface area contributed by atoms with Crippen molar-refractivity contribution in [1.29, 1.82) is 0 Å². The molecule has 3 aromatic rings. The molecule has 0 bridgehead atoms.